The molecule has 2 aliphatic heterocycles. The number of piperidine rings is 1. The summed E-state index contributed by atoms with van der Waals surface area (Å²) in [5.74, 6) is 0.0756. The predicted molar refractivity (Wildman–Crippen MR) is 100 cm³/mol. The van der Waals surface area contributed by atoms with Gasteiger partial charge in [-0.2, -0.15) is 0 Å². The van der Waals surface area contributed by atoms with E-state index in [0.717, 1.165) is 24.9 Å². The lowest BCUT2D eigenvalue weighted by Crippen LogP contribution is -2.44. The second-order valence-electron chi connectivity index (χ2n) is 7.08. The van der Waals surface area contributed by atoms with Crippen LogP contribution in [0.25, 0.3) is 0 Å². The largest absolute Gasteiger partial charge is 0.383 e. The van der Waals surface area contributed by atoms with Crippen LogP contribution in [0.2, 0.25) is 5.02 Å². The molecule has 0 aromatic heterocycles. The van der Waals surface area contributed by atoms with Crippen LogP contribution in [0.5, 0.6) is 0 Å². The molecule has 0 saturated carbocycles. The van der Waals surface area contributed by atoms with E-state index in [2.05, 4.69) is 18.0 Å². The molecule has 2 saturated heterocycles. The van der Waals surface area contributed by atoms with Crippen LogP contribution >= 0.6 is 11.6 Å². The molecule has 1 aromatic rings. The van der Waals surface area contributed by atoms with Crippen molar-refractivity contribution in [1.82, 2.24) is 14.7 Å². The highest BCUT2D eigenvalue weighted by molar-refractivity contribution is 6.30. The van der Waals surface area contributed by atoms with Gasteiger partial charge in [-0.25, -0.2) is 4.79 Å². The minimum absolute atomic E-state index is 0.121. The molecule has 7 heteroatoms. The molecule has 2 aliphatic rings. The Balaban J connectivity index is 1.76. The minimum Gasteiger partial charge on any atom is -0.383 e. The zero-order chi connectivity index (χ0) is 18.7. The number of halogens is 1. The Morgan fingerprint density at radius 2 is 2.12 bits per heavy atom. The van der Waals surface area contributed by atoms with Gasteiger partial charge in [-0.1, -0.05) is 23.7 Å². The Labute approximate surface area is 159 Å². The van der Waals surface area contributed by atoms with E-state index in [9.17, 15) is 9.59 Å². The number of hydrogen-bond acceptors (Lipinski definition) is 4. The van der Waals surface area contributed by atoms with Crippen LogP contribution in [0.4, 0.5) is 4.79 Å². The molecule has 0 radical (unpaired) electrons. The van der Waals surface area contributed by atoms with Crippen LogP contribution in [-0.2, 0) is 9.53 Å². The van der Waals surface area contributed by atoms with E-state index in [-0.39, 0.29) is 30.4 Å². The Kier molecular flexibility index (Phi) is 6.16. The molecule has 0 bridgehead atoms. The Morgan fingerprint density at radius 1 is 1.31 bits per heavy atom. The van der Waals surface area contributed by atoms with Gasteiger partial charge in [0.25, 0.3) is 0 Å². The molecule has 3 rings (SSSR count). The van der Waals surface area contributed by atoms with Gasteiger partial charge in [-0.05, 0) is 50.0 Å². The van der Waals surface area contributed by atoms with Crippen LogP contribution in [0.1, 0.15) is 24.4 Å². The Hall–Kier alpha value is -1.63. The molecule has 0 N–H and O–H groups in total. The number of methoxy groups -OCH3 is 1. The molecule has 2 fully saturated rings. The predicted octanol–water partition coefficient (Wildman–Crippen LogP) is 2.63. The average Bonchev–Trinajstić information content (AvgIpc) is 2.87. The monoisotopic (exact) mass is 379 g/mol. The van der Waals surface area contributed by atoms with Crippen molar-refractivity contribution in [1.29, 1.82) is 0 Å². The summed E-state index contributed by atoms with van der Waals surface area (Å²) in [5, 5.41) is 0.708. The Morgan fingerprint density at radius 3 is 2.85 bits per heavy atom. The summed E-state index contributed by atoms with van der Waals surface area (Å²) in [6.45, 7) is 2.47. The molecule has 26 heavy (non-hydrogen) atoms. The topological polar surface area (TPSA) is 53.1 Å². The fraction of sp³-hybridized carbons (Fsp3) is 0.579. The van der Waals surface area contributed by atoms with Crippen LogP contribution in [0.3, 0.4) is 0 Å². The SMILES string of the molecule is COCCN1CC(=O)N(CC2CCCN(C)C2c2cccc(Cl)c2)C1=O. The van der Waals surface area contributed by atoms with Gasteiger partial charge in [0.05, 0.1) is 6.61 Å². The van der Waals surface area contributed by atoms with Crippen LogP contribution in [0.15, 0.2) is 24.3 Å². The van der Waals surface area contributed by atoms with Crippen LogP contribution in [-0.4, -0.2) is 73.6 Å². The molecule has 142 valence electrons. The van der Waals surface area contributed by atoms with Crippen LogP contribution in [0, 0.1) is 5.92 Å². The van der Waals surface area contributed by atoms with Crippen molar-refractivity contribution in [3.05, 3.63) is 34.9 Å². The summed E-state index contributed by atoms with van der Waals surface area (Å²) in [6, 6.07) is 7.82. The van der Waals surface area contributed by atoms with Gasteiger partial charge in [-0.3, -0.25) is 14.6 Å². The fourth-order valence-corrected chi connectivity index (χ4v) is 4.25. The third-order valence-corrected chi connectivity index (χ3v) is 5.54. The number of urea groups is 1. The standard InChI is InChI=1S/C19H26ClN3O3/c1-21-8-4-6-15(18(21)14-5-3-7-16(20)11-14)12-23-17(24)13-22(19(23)25)9-10-26-2/h3,5,7,11,15,18H,4,6,8-10,12-13H2,1-2H3. The molecular weight excluding hydrogens is 354 g/mol. The first-order valence-corrected chi connectivity index (χ1v) is 9.43. The molecule has 6 nitrogen and oxygen atoms in total. The normalized spacial score (nSPS) is 24.6. The fourth-order valence-electron chi connectivity index (χ4n) is 4.05. The van der Waals surface area contributed by atoms with E-state index < -0.39 is 0 Å². The first kappa shape index (κ1) is 19.1. The first-order valence-electron chi connectivity index (χ1n) is 9.05. The summed E-state index contributed by atoms with van der Waals surface area (Å²) >= 11 is 6.19. The summed E-state index contributed by atoms with van der Waals surface area (Å²) in [4.78, 5) is 30.3. The number of benzene rings is 1. The number of rotatable bonds is 6. The van der Waals surface area contributed by atoms with Gasteiger partial charge in [-0.15, -0.1) is 0 Å². The molecule has 2 heterocycles. The number of nitrogens with zero attached hydrogens (tertiary/aromatic N) is 3. The minimum atomic E-state index is -0.204. The zero-order valence-electron chi connectivity index (χ0n) is 15.4. The van der Waals surface area contributed by atoms with Crippen molar-refractivity contribution in [2.75, 3.05) is 46.9 Å². The maximum atomic E-state index is 12.6. The van der Waals surface area contributed by atoms with E-state index in [1.54, 1.807) is 12.0 Å². The second kappa shape index (κ2) is 8.37. The number of ether oxygens (including phenoxy) is 1. The lowest BCUT2D eigenvalue weighted by Gasteiger charge is -2.40. The summed E-state index contributed by atoms with van der Waals surface area (Å²) in [6.07, 6.45) is 2.04. The highest BCUT2D eigenvalue weighted by Crippen LogP contribution is 2.37. The molecular formula is C19H26ClN3O3. The third-order valence-electron chi connectivity index (χ3n) is 5.31. The Bertz CT molecular complexity index is 669. The van der Waals surface area contributed by atoms with Gasteiger partial charge in [0.2, 0.25) is 5.91 Å². The zero-order valence-corrected chi connectivity index (χ0v) is 16.1. The van der Waals surface area contributed by atoms with E-state index in [1.165, 1.54) is 4.90 Å². The van der Waals surface area contributed by atoms with Gasteiger partial charge in [0.15, 0.2) is 0 Å². The van der Waals surface area contributed by atoms with E-state index in [1.807, 2.05) is 18.2 Å². The quantitative estimate of drug-likeness (QED) is 0.713. The van der Waals surface area contributed by atoms with Crippen molar-refractivity contribution in [3.63, 3.8) is 0 Å². The highest BCUT2D eigenvalue weighted by atomic mass is 35.5. The smallest absolute Gasteiger partial charge is 0.327 e. The molecule has 1 aromatic carbocycles. The van der Waals surface area contributed by atoms with Crippen molar-refractivity contribution >= 4 is 23.5 Å². The number of amides is 3. The summed E-state index contributed by atoms with van der Waals surface area (Å²) < 4.78 is 5.03. The lowest BCUT2D eigenvalue weighted by atomic mass is 9.84. The molecule has 2 atom stereocenters. The van der Waals surface area contributed by atoms with Gasteiger partial charge in [0.1, 0.15) is 6.54 Å². The number of hydrogen-bond donors (Lipinski definition) is 0. The average molecular weight is 380 g/mol. The van der Waals surface area contributed by atoms with Crippen molar-refractivity contribution in [2.45, 2.75) is 18.9 Å². The molecule has 0 spiro atoms. The molecule has 2 unspecified atom stereocenters. The van der Waals surface area contributed by atoms with Gasteiger partial charge in [0, 0.05) is 31.3 Å². The van der Waals surface area contributed by atoms with Crippen LogP contribution < -0.4 is 0 Å². The third kappa shape index (κ3) is 4.03. The van der Waals surface area contributed by atoms with Gasteiger partial charge < -0.3 is 9.64 Å². The van der Waals surface area contributed by atoms with Crippen molar-refractivity contribution in [3.8, 4) is 0 Å². The first-order chi connectivity index (χ1) is 12.5. The number of carbonyl (C=O) groups is 2. The maximum Gasteiger partial charge on any atom is 0.327 e. The van der Waals surface area contributed by atoms with Crippen molar-refractivity contribution < 1.29 is 14.3 Å². The van der Waals surface area contributed by atoms with Crippen molar-refractivity contribution in [2.24, 2.45) is 5.92 Å². The number of carbonyl (C=O) groups excluding carboxylic acids is 2. The molecule has 0 aliphatic carbocycles. The summed E-state index contributed by atoms with van der Waals surface area (Å²) in [5.41, 5.74) is 1.14. The maximum absolute atomic E-state index is 12.6. The number of imide groups is 1. The second-order valence-corrected chi connectivity index (χ2v) is 7.52. The van der Waals surface area contributed by atoms with E-state index >= 15 is 0 Å². The molecule has 3 amide bonds. The van der Waals surface area contributed by atoms with E-state index in [0.29, 0.717) is 24.7 Å². The van der Waals surface area contributed by atoms with Gasteiger partial charge >= 0.3 is 6.03 Å². The number of likely N-dealkylation sites (tertiary alicyclic amines) is 1. The summed E-state index contributed by atoms with van der Waals surface area (Å²) in [7, 11) is 3.68. The highest BCUT2D eigenvalue weighted by Gasteiger charge is 2.40. The lowest BCUT2D eigenvalue weighted by molar-refractivity contribution is -0.126. The van der Waals surface area contributed by atoms with E-state index in [4.69, 9.17) is 16.3 Å².